The number of nitrogens with zero attached hydrogens (tertiary/aromatic N) is 3. The van der Waals surface area contributed by atoms with Crippen LogP contribution in [-0.2, 0) is 20.8 Å². The highest BCUT2D eigenvalue weighted by Crippen LogP contribution is 2.25. The predicted molar refractivity (Wildman–Crippen MR) is 105 cm³/mol. The van der Waals surface area contributed by atoms with Crippen molar-refractivity contribution in [1.82, 2.24) is 14.7 Å². The summed E-state index contributed by atoms with van der Waals surface area (Å²) in [5.41, 5.74) is 1.97. The molecule has 0 radical (unpaired) electrons. The van der Waals surface area contributed by atoms with Crippen molar-refractivity contribution >= 4 is 17.8 Å². The number of rotatable bonds is 4. The number of carboxylic acids is 1. The van der Waals surface area contributed by atoms with Crippen LogP contribution in [0, 0.1) is 18.8 Å². The summed E-state index contributed by atoms with van der Waals surface area (Å²) >= 11 is 0. The summed E-state index contributed by atoms with van der Waals surface area (Å²) in [5.74, 6) is -2.22. The van der Waals surface area contributed by atoms with Crippen molar-refractivity contribution in [3.05, 3.63) is 35.4 Å². The second kappa shape index (κ2) is 8.73. The second-order valence-electron chi connectivity index (χ2n) is 8.00. The lowest BCUT2D eigenvalue weighted by Crippen LogP contribution is -2.54. The predicted octanol–water partition coefficient (Wildman–Crippen LogP) is 0.861. The van der Waals surface area contributed by atoms with Crippen molar-refractivity contribution in [3.8, 4) is 0 Å². The zero-order valence-corrected chi connectivity index (χ0v) is 16.6. The van der Waals surface area contributed by atoms with Crippen LogP contribution in [0.15, 0.2) is 24.3 Å². The molecule has 1 N–H and O–H groups in total. The molecule has 3 rings (SSSR count). The van der Waals surface area contributed by atoms with Gasteiger partial charge in [0.15, 0.2) is 0 Å². The molecule has 2 atom stereocenters. The Morgan fingerprint density at radius 1 is 1.00 bits per heavy atom. The Hall–Kier alpha value is -2.41. The number of likely N-dealkylation sites (N-methyl/N-ethyl adjacent to an activating group) is 1. The number of carboxylic acid groups (broad SMARTS) is 1. The molecule has 2 amide bonds. The van der Waals surface area contributed by atoms with E-state index in [-0.39, 0.29) is 24.8 Å². The van der Waals surface area contributed by atoms with Gasteiger partial charge in [-0.2, -0.15) is 0 Å². The zero-order valence-electron chi connectivity index (χ0n) is 16.6. The molecule has 7 nitrogen and oxygen atoms in total. The van der Waals surface area contributed by atoms with Gasteiger partial charge in [0, 0.05) is 39.3 Å². The van der Waals surface area contributed by atoms with Gasteiger partial charge in [0.1, 0.15) is 0 Å². The van der Waals surface area contributed by atoms with Gasteiger partial charge in [-0.05, 0) is 31.5 Å². The molecule has 2 saturated heterocycles. The first-order valence-corrected chi connectivity index (χ1v) is 9.87. The van der Waals surface area contributed by atoms with Gasteiger partial charge in [0.25, 0.3) is 0 Å². The minimum Gasteiger partial charge on any atom is -0.481 e. The number of piperidine rings is 1. The maximum Gasteiger partial charge on any atom is 0.308 e. The van der Waals surface area contributed by atoms with E-state index in [0.29, 0.717) is 26.1 Å². The summed E-state index contributed by atoms with van der Waals surface area (Å²) in [7, 11) is 2.02. The third-order valence-corrected chi connectivity index (χ3v) is 5.92. The van der Waals surface area contributed by atoms with Gasteiger partial charge in [-0.25, -0.2) is 0 Å². The van der Waals surface area contributed by atoms with Gasteiger partial charge in [0.05, 0.1) is 18.3 Å². The van der Waals surface area contributed by atoms with Crippen LogP contribution >= 0.6 is 0 Å². The number of aliphatic carboxylic acids is 1. The lowest BCUT2D eigenvalue weighted by molar-refractivity contribution is -0.150. The summed E-state index contributed by atoms with van der Waals surface area (Å²) in [6.45, 7) is 5.37. The van der Waals surface area contributed by atoms with Crippen molar-refractivity contribution in [2.45, 2.75) is 19.8 Å². The Bertz CT molecular complexity index is 743. The van der Waals surface area contributed by atoms with Gasteiger partial charge < -0.3 is 19.8 Å². The van der Waals surface area contributed by atoms with E-state index in [9.17, 15) is 19.5 Å². The molecule has 2 aliphatic rings. The van der Waals surface area contributed by atoms with Crippen LogP contribution < -0.4 is 0 Å². The number of carbonyl (C=O) groups excluding carboxylic acids is 2. The largest absolute Gasteiger partial charge is 0.481 e. The van der Waals surface area contributed by atoms with Crippen LogP contribution in [0.2, 0.25) is 0 Å². The number of hydrogen-bond donors (Lipinski definition) is 1. The molecule has 28 heavy (non-hydrogen) atoms. The van der Waals surface area contributed by atoms with Crippen molar-refractivity contribution in [3.63, 3.8) is 0 Å². The lowest BCUT2D eigenvalue weighted by Gasteiger charge is -2.39. The minimum absolute atomic E-state index is 0.0206. The summed E-state index contributed by atoms with van der Waals surface area (Å²) in [6, 6.07) is 7.69. The van der Waals surface area contributed by atoms with Gasteiger partial charge in [-0.1, -0.05) is 24.3 Å². The van der Waals surface area contributed by atoms with Crippen molar-refractivity contribution in [1.29, 1.82) is 0 Å². The molecule has 0 bridgehead atoms. The van der Waals surface area contributed by atoms with Crippen molar-refractivity contribution in [2.24, 2.45) is 11.8 Å². The number of piperazine rings is 1. The van der Waals surface area contributed by atoms with E-state index < -0.39 is 17.8 Å². The number of amides is 2. The van der Waals surface area contributed by atoms with Gasteiger partial charge in [0.2, 0.25) is 11.8 Å². The van der Waals surface area contributed by atoms with Crippen molar-refractivity contribution < 1.29 is 19.5 Å². The van der Waals surface area contributed by atoms with E-state index >= 15 is 0 Å². The standard InChI is InChI=1S/C21H29N3O4/c1-15-5-3-4-6-16(15)12-19(25)24-13-17(11-18(14-24)21(27)28)20(26)23-9-7-22(2)8-10-23/h3-6,17-18H,7-14H2,1-2H3,(H,27,28)/t17-,18+/m0/s1. The van der Waals surface area contributed by atoms with E-state index in [1.807, 2.05) is 43.1 Å². The average molecular weight is 387 g/mol. The highest BCUT2D eigenvalue weighted by Gasteiger charge is 2.38. The number of carbonyl (C=O) groups is 3. The molecule has 0 spiro atoms. The topological polar surface area (TPSA) is 81.2 Å². The molecule has 1 aromatic carbocycles. The molecular formula is C21H29N3O4. The fraction of sp³-hybridized carbons (Fsp3) is 0.571. The highest BCUT2D eigenvalue weighted by atomic mass is 16.4. The van der Waals surface area contributed by atoms with Crippen LogP contribution in [0.5, 0.6) is 0 Å². The summed E-state index contributed by atoms with van der Waals surface area (Å²) < 4.78 is 0. The van der Waals surface area contributed by atoms with E-state index in [2.05, 4.69) is 4.90 Å². The van der Waals surface area contributed by atoms with Crippen molar-refractivity contribution in [2.75, 3.05) is 46.3 Å². The number of aryl methyl sites for hydroxylation is 1. The fourth-order valence-electron chi connectivity index (χ4n) is 4.03. The monoisotopic (exact) mass is 387 g/mol. The van der Waals surface area contributed by atoms with Gasteiger partial charge >= 0.3 is 5.97 Å². The summed E-state index contributed by atoms with van der Waals surface area (Å²) in [6.07, 6.45) is 0.531. The van der Waals surface area contributed by atoms with Gasteiger partial charge in [-0.3, -0.25) is 14.4 Å². The fourth-order valence-corrected chi connectivity index (χ4v) is 4.03. The van der Waals surface area contributed by atoms with Gasteiger partial charge in [-0.15, -0.1) is 0 Å². The van der Waals surface area contributed by atoms with Crippen LogP contribution in [0.1, 0.15) is 17.5 Å². The molecule has 7 heteroatoms. The third-order valence-electron chi connectivity index (χ3n) is 5.92. The van der Waals surface area contributed by atoms with Crippen LogP contribution in [0.25, 0.3) is 0 Å². The molecule has 0 aromatic heterocycles. The molecular weight excluding hydrogens is 358 g/mol. The maximum absolute atomic E-state index is 13.0. The minimum atomic E-state index is -0.940. The van der Waals surface area contributed by atoms with E-state index in [1.54, 1.807) is 4.90 Å². The quantitative estimate of drug-likeness (QED) is 0.829. The lowest BCUT2D eigenvalue weighted by atomic mass is 9.87. The smallest absolute Gasteiger partial charge is 0.308 e. The highest BCUT2D eigenvalue weighted by molar-refractivity contribution is 5.84. The first-order valence-electron chi connectivity index (χ1n) is 9.87. The SMILES string of the molecule is Cc1ccccc1CC(=O)N1C[C@H](C(=O)O)C[C@H](C(=O)N2CCN(C)CC2)C1. The molecule has 2 heterocycles. The maximum atomic E-state index is 13.0. The Labute approximate surface area is 165 Å². The van der Waals surface area contributed by atoms with Crippen LogP contribution in [0.3, 0.4) is 0 Å². The Balaban J connectivity index is 1.70. The Morgan fingerprint density at radius 3 is 2.29 bits per heavy atom. The van der Waals surface area contributed by atoms with E-state index in [0.717, 1.165) is 24.2 Å². The molecule has 2 aliphatic heterocycles. The molecule has 1 aromatic rings. The third kappa shape index (κ3) is 4.70. The first kappa shape index (κ1) is 20.3. The summed E-state index contributed by atoms with van der Waals surface area (Å²) in [4.78, 5) is 43.1. The molecule has 152 valence electrons. The number of hydrogen-bond acceptors (Lipinski definition) is 4. The molecule has 2 fully saturated rings. The Kier molecular flexibility index (Phi) is 6.34. The molecule has 0 unspecified atom stereocenters. The Morgan fingerprint density at radius 2 is 1.64 bits per heavy atom. The summed E-state index contributed by atoms with van der Waals surface area (Å²) in [5, 5.41) is 9.55. The van der Waals surface area contributed by atoms with Crippen LogP contribution in [0.4, 0.5) is 0 Å². The molecule has 0 aliphatic carbocycles. The van der Waals surface area contributed by atoms with Crippen LogP contribution in [-0.4, -0.2) is 83.9 Å². The van der Waals surface area contributed by atoms with E-state index in [1.165, 1.54) is 0 Å². The normalized spacial score (nSPS) is 23.5. The number of likely N-dealkylation sites (tertiary alicyclic amines) is 1. The number of benzene rings is 1. The first-order chi connectivity index (χ1) is 13.3. The molecule has 0 saturated carbocycles. The zero-order chi connectivity index (χ0) is 20.3. The second-order valence-corrected chi connectivity index (χ2v) is 8.00. The van der Waals surface area contributed by atoms with E-state index in [4.69, 9.17) is 0 Å². The average Bonchev–Trinajstić information content (AvgIpc) is 2.69.